The highest BCUT2D eigenvalue weighted by Crippen LogP contribution is 2.29. The van der Waals surface area contributed by atoms with Crippen molar-refractivity contribution in [2.45, 2.75) is 30.6 Å². The number of rotatable bonds is 4. The maximum absolute atomic E-state index is 6.24. The molecule has 1 saturated heterocycles. The van der Waals surface area contributed by atoms with E-state index < -0.39 is 0 Å². The fourth-order valence-electron chi connectivity index (χ4n) is 2.14. The monoisotopic (exact) mass is 237 g/mol. The first-order valence-corrected chi connectivity index (χ1v) is 6.84. The Kier molecular flexibility index (Phi) is 4.13. The molecule has 2 nitrogen and oxygen atoms in total. The van der Waals surface area contributed by atoms with E-state index in [1.807, 2.05) is 23.9 Å². The Labute approximate surface area is 102 Å². The van der Waals surface area contributed by atoms with E-state index in [2.05, 4.69) is 12.1 Å². The molecule has 0 radical (unpaired) electrons. The molecule has 0 spiro atoms. The van der Waals surface area contributed by atoms with E-state index >= 15 is 0 Å². The Morgan fingerprint density at radius 2 is 2.44 bits per heavy atom. The highest BCUT2D eigenvalue weighted by Gasteiger charge is 2.22. The minimum absolute atomic E-state index is 0.277. The largest absolute Gasteiger partial charge is 0.497 e. The Morgan fingerprint density at radius 3 is 3.12 bits per heavy atom. The van der Waals surface area contributed by atoms with Crippen LogP contribution >= 0.6 is 11.8 Å². The average molecular weight is 237 g/mol. The molecule has 0 amide bonds. The average Bonchev–Trinajstić information content (AvgIpc) is 2.83. The molecular weight excluding hydrogens is 218 g/mol. The van der Waals surface area contributed by atoms with Gasteiger partial charge in [-0.1, -0.05) is 12.1 Å². The van der Waals surface area contributed by atoms with Crippen LogP contribution in [0.4, 0.5) is 0 Å². The highest BCUT2D eigenvalue weighted by molar-refractivity contribution is 8.00. The number of nitrogens with two attached hydrogens (primary N) is 1. The van der Waals surface area contributed by atoms with Gasteiger partial charge in [-0.25, -0.2) is 0 Å². The van der Waals surface area contributed by atoms with Crippen LogP contribution in [0.25, 0.3) is 0 Å². The maximum atomic E-state index is 6.24. The van der Waals surface area contributed by atoms with Gasteiger partial charge in [0.1, 0.15) is 5.75 Å². The molecule has 2 unspecified atom stereocenters. The maximum Gasteiger partial charge on any atom is 0.119 e. The second-order valence-corrected chi connectivity index (χ2v) is 5.62. The number of thioether (sulfide) groups is 1. The number of hydrogen-bond donors (Lipinski definition) is 1. The van der Waals surface area contributed by atoms with E-state index in [1.54, 1.807) is 7.11 Å². The molecule has 1 heterocycles. The van der Waals surface area contributed by atoms with Gasteiger partial charge in [-0.15, -0.1) is 0 Å². The summed E-state index contributed by atoms with van der Waals surface area (Å²) in [4.78, 5) is 0. The van der Waals surface area contributed by atoms with Gasteiger partial charge in [0.15, 0.2) is 0 Å². The normalized spacial score (nSPS) is 22.0. The second-order valence-electron chi connectivity index (χ2n) is 4.27. The molecule has 0 bridgehead atoms. The molecule has 2 rings (SSSR count). The molecule has 0 aliphatic carbocycles. The van der Waals surface area contributed by atoms with Gasteiger partial charge >= 0.3 is 0 Å². The van der Waals surface area contributed by atoms with Gasteiger partial charge in [-0.2, -0.15) is 11.8 Å². The molecule has 1 aliphatic rings. The zero-order valence-electron chi connectivity index (χ0n) is 9.69. The molecule has 1 fully saturated rings. The number of hydrogen-bond acceptors (Lipinski definition) is 3. The van der Waals surface area contributed by atoms with Crippen molar-refractivity contribution in [1.82, 2.24) is 0 Å². The Hall–Kier alpha value is -0.670. The summed E-state index contributed by atoms with van der Waals surface area (Å²) in [5.41, 5.74) is 7.52. The summed E-state index contributed by atoms with van der Waals surface area (Å²) < 4.78 is 5.22. The summed E-state index contributed by atoms with van der Waals surface area (Å²) in [6, 6.07) is 8.49. The molecule has 1 aromatic rings. The van der Waals surface area contributed by atoms with Crippen molar-refractivity contribution < 1.29 is 4.74 Å². The fraction of sp³-hybridized carbons (Fsp3) is 0.538. The van der Waals surface area contributed by atoms with Crippen molar-refractivity contribution in [2.24, 2.45) is 5.73 Å². The van der Waals surface area contributed by atoms with Crippen LogP contribution in [0.3, 0.4) is 0 Å². The van der Waals surface area contributed by atoms with Crippen LogP contribution in [0.2, 0.25) is 0 Å². The van der Waals surface area contributed by atoms with Crippen molar-refractivity contribution in [3.05, 3.63) is 29.8 Å². The van der Waals surface area contributed by atoms with E-state index in [0.29, 0.717) is 5.25 Å². The summed E-state index contributed by atoms with van der Waals surface area (Å²) >= 11 is 2.02. The van der Waals surface area contributed by atoms with Crippen LogP contribution in [0.1, 0.15) is 18.4 Å². The fourth-order valence-corrected chi connectivity index (χ4v) is 3.46. The third kappa shape index (κ3) is 2.92. The lowest BCUT2D eigenvalue weighted by Crippen LogP contribution is -2.33. The molecule has 2 atom stereocenters. The first-order valence-electron chi connectivity index (χ1n) is 5.79. The van der Waals surface area contributed by atoms with Crippen LogP contribution in [0, 0.1) is 0 Å². The minimum Gasteiger partial charge on any atom is -0.497 e. The van der Waals surface area contributed by atoms with Gasteiger partial charge in [-0.3, -0.25) is 0 Å². The lowest BCUT2D eigenvalue weighted by molar-refractivity contribution is 0.414. The second kappa shape index (κ2) is 5.60. The van der Waals surface area contributed by atoms with Crippen LogP contribution in [-0.4, -0.2) is 24.2 Å². The van der Waals surface area contributed by atoms with Gasteiger partial charge in [0, 0.05) is 11.3 Å². The molecule has 3 heteroatoms. The van der Waals surface area contributed by atoms with E-state index in [9.17, 15) is 0 Å². The molecule has 1 aliphatic heterocycles. The van der Waals surface area contributed by atoms with Gasteiger partial charge in [-0.05, 0) is 42.7 Å². The standard InChI is InChI=1S/C13H19NOS/c1-15-11-5-2-4-10(8-11)9-12(14)13-6-3-7-16-13/h2,4-5,8,12-13H,3,6-7,9,14H2,1H3. The van der Waals surface area contributed by atoms with Gasteiger partial charge in [0.05, 0.1) is 7.11 Å². The third-order valence-corrected chi connectivity index (χ3v) is 4.59. The van der Waals surface area contributed by atoms with Gasteiger partial charge < -0.3 is 10.5 Å². The highest BCUT2D eigenvalue weighted by atomic mass is 32.2. The van der Waals surface area contributed by atoms with Crippen molar-refractivity contribution in [2.75, 3.05) is 12.9 Å². The first-order chi connectivity index (χ1) is 7.79. The number of benzene rings is 1. The van der Waals surface area contributed by atoms with E-state index in [4.69, 9.17) is 10.5 Å². The van der Waals surface area contributed by atoms with Crippen molar-refractivity contribution >= 4 is 11.8 Å². The quantitative estimate of drug-likeness (QED) is 0.873. The third-order valence-electron chi connectivity index (χ3n) is 3.05. The lowest BCUT2D eigenvalue weighted by Gasteiger charge is -2.18. The summed E-state index contributed by atoms with van der Waals surface area (Å²) in [5, 5.41) is 0.645. The van der Waals surface area contributed by atoms with Crippen LogP contribution in [0.15, 0.2) is 24.3 Å². The summed E-state index contributed by atoms with van der Waals surface area (Å²) in [7, 11) is 1.70. The number of ether oxygens (including phenoxy) is 1. The molecule has 16 heavy (non-hydrogen) atoms. The van der Waals surface area contributed by atoms with Crippen LogP contribution < -0.4 is 10.5 Å². The van der Waals surface area contributed by atoms with Crippen molar-refractivity contribution in [1.29, 1.82) is 0 Å². The van der Waals surface area contributed by atoms with E-state index in [1.165, 1.54) is 24.2 Å². The molecule has 0 saturated carbocycles. The Bertz CT molecular complexity index is 336. The molecule has 2 N–H and O–H groups in total. The lowest BCUT2D eigenvalue weighted by atomic mass is 10.0. The zero-order valence-corrected chi connectivity index (χ0v) is 10.5. The molecular formula is C13H19NOS. The predicted octanol–water partition coefficient (Wildman–Crippen LogP) is 2.46. The van der Waals surface area contributed by atoms with Gasteiger partial charge in [0.2, 0.25) is 0 Å². The SMILES string of the molecule is COc1cccc(CC(N)C2CCCS2)c1. The van der Waals surface area contributed by atoms with Gasteiger partial charge in [0.25, 0.3) is 0 Å². The van der Waals surface area contributed by atoms with Crippen LogP contribution in [0.5, 0.6) is 5.75 Å². The summed E-state index contributed by atoms with van der Waals surface area (Å²) in [6.07, 6.45) is 3.55. The number of methoxy groups -OCH3 is 1. The Balaban J connectivity index is 1.96. The topological polar surface area (TPSA) is 35.2 Å². The smallest absolute Gasteiger partial charge is 0.119 e. The summed E-state index contributed by atoms with van der Waals surface area (Å²) in [5.74, 6) is 2.19. The molecule has 0 aromatic heterocycles. The van der Waals surface area contributed by atoms with E-state index in [-0.39, 0.29) is 6.04 Å². The Morgan fingerprint density at radius 1 is 1.56 bits per heavy atom. The van der Waals surface area contributed by atoms with E-state index in [0.717, 1.165) is 12.2 Å². The van der Waals surface area contributed by atoms with Crippen LogP contribution in [-0.2, 0) is 6.42 Å². The summed E-state index contributed by atoms with van der Waals surface area (Å²) in [6.45, 7) is 0. The first kappa shape index (κ1) is 11.8. The minimum atomic E-state index is 0.277. The van der Waals surface area contributed by atoms with Crippen molar-refractivity contribution in [3.63, 3.8) is 0 Å². The molecule has 1 aromatic carbocycles. The predicted molar refractivity (Wildman–Crippen MR) is 70.2 cm³/mol. The zero-order chi connectivity index (χ0) is 11.4. The molecule has 88 valence electrons. The van der Waals surface area contributed by atoms with Crippen molar-refractivity contribution in [3.8, 4) is 5.75 Å².